The fourth-order valence-electron chi connectivity index (χ4n) is 4.87. The number of hydrogen-bond donors (Lipinski definition) is 1. The van der Waals surface area contributed by atoms with Crippen molar-refractivity contribution >= 4 is 66.7 Å². The lowest BCUT2D eigenvalue weighted by Crippen LogP contribution is -2.56. The van der Waals surface area contributed by atoms with Crippen LogP contribution in [0.2, 0.25) is 10.0 Å². The van der Waals surface area contributed by atoms with Crippen LogP contribution in [0.3, 0.4) is 0 Å². The van der Waals surface area contributed by atoms with Crippen molar-refractivity contribution in [2.24, 2.45) is 0 Å². The maximum Gasteiger partial charge on any atom is 0.264 e. The SMILES string of the molecule is Cc1ccc(S(=O)(=O)N(CC(=O)N(Cc2cccc(Br)c2)[C@@H](Cc2ccccc2)C(=O)NC(C)(C)C)c2cc(Cl)ccc2Cl)cc1. The van der Waals surface area contributed by atoms with E-state index in [1.54, 1.807) is 12.1 Å². The van der Waals surface area contributed by atoms with Crippen LogP contribution in [0, 0.1) is 6.92 Å². The summed E-state index contributed by atoms with van der Waals surface area (Å²) in [5, 5.41) is 3.36. The zero-order chi connectivity index (χ0) is 33.6. The van der Waals surface area contributed by atoms with E-state index in [1.165, 1.54) is 35.2 Å². The molecular weight excluding hydrogens is 709 g/mol. The summed E-state index contributed by atoms with van der Waals surface area (Å²) in [5.74, 6) is -0.967. The molecule has 2 amide bonds. The van der Waals surface area contributed by atoms with Gasteiger partial charge in [-0.3, -0.25) is 13.9 Å². The topological polar surface area (TPSA) is 86.8 Å². The number of carbonyl (C=O) groups is 2. The van der Waals surface area contributed by atoms with Crippen molar-refractivity contribution in [3.63, 3.8) is 0 Å². The number of carbonyl (C=O) groups excluding carboxylic acids is 2. The van der Waals surface area contributed by atoms with Crippen LogP contribution in [0.1, 0.15) is 37.5 Å². The largest absolute Gasteiger partial charge is 0.350 e. The lowest BCUT2D eigenvalue weighted by atomic mass is 10.0. The van der Waals surface area contributed by atoms with Crippen molar-refractivity contribution in [1.82, 2.24) is 10.2 Å². The molecule has 0 saturated heterocycles. The molecule has 0 unspecified atom stereocenters. The van der Waals surface area contributed by atoms with Crippen LogP contribution in [-0.4, -0.2) is 43.3 Å². The third-order valence-corrected chi connectivity index (χ3v) is 9.90. The Kier molecular flexibility index (Phi) is 11.6. The van der Waals surface area contributed by atoms with E-state index in [4.69, 9.17) is 23.2 Å². The molecule has 0 spiro atoms. The van der Waals surface area contributed by atoms with E-state index in [1.807, 2.05) is 82.3 Å². The lowest BCUT2D eigenvalue weighted by molar-refractivity contribution is -0.140. The molecule has 0 aliphatic heterocycles. The van der Waals surface area contributed by atoms with E-state index in [0.717, 1.165) is 25.5 Å². The second-order valence-corrected chi connectivity index (χ2v) is 15.6. The number of nitrogens with zero attached hydrogens (tertiary/aromatic N) is 2. The van der Waals surface area contributed by atoms with Gasteiger partial charge in [0, 0.05) is 28.0 Å². The normalized spacial score (nSPS) is 12.3. The van der Waals surface area contributed by atoms with Crippen molar-refractivity contribution in [2.75, 3.05) is 10.8 Å². The standard InChI is InChI=1S/C35H36BrCl2N3O4S/c1-24-13-16-29(17-14-24)46(44,45)41(31-21-28(37)15-18-30(31)38)23-33(42)40(22-26-11-8-12-27(36)19-26)32(34(43)39-35(2,3)4)20-25-9-6-5-7-10-25/h5-19,21,32H,20,22-23H2,1-4H3,(H,39,43)/t32-/m0/s1. The number of rotatable bonds is 11. The molecule has 46 heavy (non-hydrogen) atoms. The van der Waals surface area contributed by atoms with Gasteiger partial charge < -0.3 is 10.2 Å². The molecule has 4 rings (SSSR count). The zero-order valence-corrected chi connectivity index (χ0v) is 29.9. The van der Waals surface area contributed by atoms with E-state index in [0.29, 0.717) is 0 Å². The number of amides is 2. The number of benzene rings is 4. The minimum Gasteiger partial charge on any atom is -0.350 e. The number of nitrogens with one attached hydrogen (secondary N) is 1. The molecule has 11 heteroatoms. The highest BCUT2D eigenvalue weighted by Gasteiger charge is 2.36. The summed E-state index contributed by atoms with van der Waals surface area (Å²) in [6.45, 7) is 6.83. The first-order valence-electron chi connectivity index (χ1n) is 14.6. The number of hydrogen-bond acceptors (Lipinski definition) is 4. The Morgan fingerprint density at radius 3 is 2.15 bits per heavy atom. The minimum atomic E-state index is -4.32. The van der Waals surface area contributed by atoms with E-state index in [-0.39, 0.29) is 39.5 Å². The van der Waals surface area contributed by atoms with Gasteiger partial charge in [-0.05, 0) is 81.3 Å². The van der Waals surface area contributed by atoms with Crippen molar-refractivity contribution < 1.29 is 18.0 Å². The Morgan fingerprint density at radius 2 is 1.52 bits per heavy atom. The van der Waals surface area contributed by atoms with Crippen molar-refractivity contribution in [1.29, 1.82) is 0 Å². The Balaban J connectivity index is 1.85. The maximum atomic E-state index is 14.6. The van der Waals surface area contributed by atoms with Gasteiger partial charge in [-0.1, -0.05) is 99.3 Å². The second-order valence-electron chi connectivity index (χ2n) is 12.0. The van der Waals surface area contributed by atoms with E-state index >= 15 is 0 Å². The Hall–Kier alpha value is -3.37. The fourth-order valence-corrected chi connectivity index (χ4v) is 7.17. The van der Waals surface area contributed by atoms with E-state index < -0.39 is 34.1 Å². The van der Waals surface area contributed by atoms with Gasteiger partial charge in [0.05, 0.1) is 15.6 Å². The molecule has 0 fully saturated rings. The molecule has 0 aliphatic carbocycles. The molecule has 0 aromatic heterocycles. The Morgan fingerprint density at radius 1 is 0.870 bits per heavy atom. The van der Waals surface area contributed by atoms with Crippen LogP contribution in [0.25, 0.3) is 0 Å². The molecule has 4 aromatic rings. The van der Waals surface area contributed by atoms with Crippen LogP contribution in [0.4, 0.5) is 5.69 Å². The first-order valence-corrected chi connectivity index (χ1v) is 17.6. The smallest absolute Gasteiger partial charge is 0.264 e. The Labute approximate surface area is 289 Å². The summed E-state index contributed by atoms with van der Waals surface area (Å²) >= 11 is 16.4. The van der Waals surface area contributed by atoms with Crippen LogP contribution in [0.5, 0.6) is 0 Å². The van der Waals surface area contributed by atoms with Crippen LogP contribution in [0.15, 0.2) is 106 Å². The molecular formula is C35H36BrCl2N3O4S. The van der Waals surface area contributed by atoms with Gasteiger partial charge in [-0.25, -0.2) is 8.42 Å². The molecule has 7 nitrogen and oxygen atoms in total. The lowest BCUT2D eigenvalue weighted by Gasteiger charge is -2.35. The predicted molar refractivity (Wildman–Crippen MR) is 189 cm³/mol. The molecule has 1 atom stereocenters. The average Bonchev–Trinajstić information content (AvgIpc) is 2.98. The summed E-state index contributed by atoms with van der Waals surface area (Å²) < 4.78 is 30.2. The summed E-state index contributed by atoms with van der Waals surface area (Å²) in [6, 6.07) is 26.6. The highest BCUT2D eigenvalue weighted by atomic mass is 79.9. The number of halogens is 3. The van der Waals surface area contributed by atoms with E-state index in [9.17, 15) is 18.0 Å². The molecule has 0 bridgehead atoms. The fraction of sp³-hybridized carbons (Fsp3) is 0.257. The van der Waals surface area contributed by atoms with Crippen LogP contribution in [-0.2, 0) is 32.6 Å². The van der Waals surface area contributed by atoms with Crippen LogP contribution >= 0.6 is 39.1 Å². The molecule has 4 aromatic carbocycles. The number of aryl methyl sites for hydroxylation is 1. The average molecular weight is 746 g/mol. The summed E-state index contributed by atoms with van der Waals surface area (Å²) in [5.41, 5.74) is 1.91. The monoisotopic (exact) mass is 743 g/mol. The highest BCUT2D eigenvalue weighted by molar-refractivity contribution is 9.10. The van der Waals surface area contributed by atoms with Crippen LogP contribution < -0.4 is 9.62 Å². The van der Waals surface area contributed by atoms with Gasteiger partial charge in [-0.15, -0.1) is 0 Å². The van der Waals surface area contributed by atoms with Gasteiger partial charge in [0.25, 0.3) is 10.0 Å². The molecule has 0 aliphatic rings. The molecule has 0 heterocycles. The molecule has 0 saturated carbocycles. The first-order chi connectivity index (χ1) is 21.6. The number of anilines is 1. The quantitative estimate of drug-likeness (QED) is 0.170. The van der Waals surface area contributed by atoms with Gasteiger partial charge in [0.2, 0.25) is 11.8 Å². The third-order valence-electron chi connectivity index (χ3n) is 7.08. The highest BCUT2D eigenvalue weighted by Crippen LogP contribution is 2.33. The van der Waals surface area contributed by atoms with Crippen molar-refractivity contribution in [2.45, 2.75) is 57.1 Å². The summed E-state index contributed by atoms with van der Waals surface area (Å²) in [6.07, 6.45) is 0.200. The van der Waals surface area contributed by atoms with Gasteiger partial charge in [0.1, 0.15) is 12.6 Å². The predicted octanol–water partition coefficient (Wildman–Crippen LogP) is 7.81. The summed E-state index contributed by atoms with van der Waals surface area (Å²) in [4.78, 5) is 30.0. The van der Waals surface area contributed by atoms with Gasteiger partial charge in [0.15, 0.2) is 0 Å². The van der Waals surface area contributed by atoms with Crippen molar-refractivity contribution in [3.05, 3.63) is 128 Å². The maximum absolute atomic E-state index is 14.6. The summed E-state index contributed by atoms with van der Waals surface area (Å²) in [7, 11) is -4.32. The molecule has 242 valence electrons. The van der Waals surface area contributed by atoms with Gasteiger partial charge >= 0.3 is 0 Å². The minimum absolute atomic E-state index is 0.0215. The first kappa shape index (κ1) is 35.5. The Bertz CT molecular complexity index is 1800. The molecule has 0 radical (unpaired) electrons. The van der Waals surface area contributed by atoms with Crippen molar-refractivity contribution in [3.8, 4) is 0 Å². The van der Waals surface area contributed by atoms with Gasteiger partial charge in [-0.2, -0.15) is 0 Å². The third kappa shape index (κ3) is 9.35. The number of sulfonamides is 1. The second kappa shape index (κ2) is 15.0. The zero-order valence-electron chi connectivity index (χ0n) is 26.0. The molecule has 1 N–H and O–H groups in total. The van der Waals surface area contributed by atoms with E-state index in [2.05, 4.69) is 21.2 Å².